The van der Waals surface area contributed by atoms with Crippen LogP contribution in [-0.4, -0.2) is 28.8 Å². The van der Waals surface area contributed by atoms with E-state index in [9.17, 15) is 9.59 Å². The average Bonchev–Trinajstić information content (AvgIpc) is 2.13. The van der Waals surface area contributed by atoms with Crippen LogP contribution in [0, 0.1) is 5.92 Å². The first kappa shape index (κ1) is 15.7. The van der Waals surface area contributed by atoms with Gasteiger partial charge in [0.05, 0.1) is 5.92 Å². The molecule has 0 aliphatic heterocycles. The van der Waals surface area contributed by atoms with Crippen LogP contribution in [0.2, 0.25) is 0 Å². The van der Waals surface area contributed by atoms with E-state index in [-0.39, 0.29) is 0 Å². The fraction of sp³-hybridized carbons (Fsp3) is 0.833. The third kappa shape index (κ3) is 6.14. The third-order valence-electron chi connectivity index (χ3n) is 2.38. The number of hydrogen-bond acceptors (Lipinski definition) is 3. The number of ether oxygens (including phenoxy) is 1. The zero-order valence-corrected chi connectivity index (χ0v) is 11.2. The van der Waals surface area contributed by atoms with Crippen molar-refractivity contribution in [2.24, 2.45) is 5.92 Å². The molecule has 0 radical (unpaired) electrons. The molecule has 0 spiro atoms. The molecule has 17 heavy (non-hydrogen) atoms. The molecule has 5 nitrogen and oxygen atoms in total. The summed E-state index contributed by atoms with van der Waals surface area (Å²) in [5, 5.41) is 11.6. The van der Waals surface area contributed by atoms with Gasteiger partial charge in [-0.25, -0.2) is 4.79 Å². The van der Waals surface area contributed by atoms with Crippen LogP contribution >= 0.6 is 0 Å². The molecule has 0 aromatic heterocycles. The van der Waals surface area contributed by atoms with Crippen LogP contribution in [0.25, 0.3) is 0 Å². The molecule has 2 N–H and O–H groups in total. The summed E-state index contributed by atoms with van der Waals surface area (Å²) in [4.78, 5) is 22.6. The quantitative estimate of drug-likeness (QED) is 0.779. The van der Waals surface area contributed by atoms with Crippen molar-refractivity contribution < 1.29 is 19.4 Å². The molecule has 0 saturated carbocycles. The van der Waals surface area contributed by atoms with E-state index in [0.29, 0.717) is 12.8 Å². The second kappa shape index (κ2) is 6.47. The summed E-state index contributed by atoms with van der Waals surface area (Å²) < 4.78 is 5.10. The summed E-state index contributed by atoms with van der Waals surface area (Å²) in [5.41, 5.74) is -0.576. The minimum atomic E-state index is -0.893. The molecule has 0 saturated heterocycles. The first-order chi connectivity index (χ1) is 7.71. The van der Waals surface area contributed by atoms with E-state index in [2.05, 4.69) is 5.32 Å². The maximum Gasteiger partial charge on any atom is 0.407 e. The Morgan fingerprint density at radius 2 is 1.76 bits per heavy atom. The highest BCUT2D eigenvalue weighted by Crippen LogP contribution is 2.14. The van der Waals surface area contributed by atoms with Gasteiger partial charge in [0.1, 0.15) is 5.60 Å². The third-order valence-corrected chi connectivity index (χ3v) is 2.38. The molecule has 100 valence electrons. The molecule has 0 aromatic carbocycles. The number of rotatable bonds is 5. The van der Waals surface area contributed by atoms with Gasteiger partial charge in [-0.1, -0.05) is 13.8 Å². The monoisotopic (exact) mass is 245 g/mol. The van der Waals surface area contributed by atoms with Gasteiger partial charge in [0.2, 0.25) is 0 Å². The van der Waals surface area contributed by atoms with Crippen molar-refractivity contribution in [2.45, 2.75) is 59.1 Å². The lowest BCUT2D eigenvalue weighted by Crippen LogP contribution is -2.44. The van der Waals surface area contributed by atoms with Crippen LogP contribution in [0.1, 0.15) is 47.5 Å². The first-order valence-electron chi connectivity index (χ1n) is 5.93. The Labute approximate surface area is 103 Å². The fourth-order valence-electron chi connectivity index (χ4n) is 1.58. The number of nitrogens with one attached hydrogen (secondary N) is 1. The lowest BCUT2D eigenvalue weighted by atomic mass is 9.95. The molecule has 0 aromatic rings. The van der Waals surface area contributed by atoms with Crippen molar-refractivity contribution in [3.63, 3.8) is 0 Å². The van der Waals surface area contributed by atoms with Gasteiger partial charge in [-0.05, 0) is 33.6 Å². The molecule has 0 bridgehead atoms. The van der Waals surface area contributed by atoms with E-state index in [1.807, 2.05) is 6.92 Å². The molecule has 2 atom stereocenters. The fourth-order valence-corrected chi connectivity index (χ4v) is 1.58. The van der Waals surface area contributed by atoms with Crippen LogP contribution in [0.5, 0.6) is 0 Å². The van der Waals surface area contributed by atoms with Crippen molar-refractivity contribution in [1.29, 1.82) is 0 Å². The van der Waals surface area contributed by atoms with Crippen LogP contribution in [0.15, 0.2) is 0 Å². The van der Waals surface area contributed by atoms with Gasteiger partial charge in [0, 0.05) is 6.04 Å². The smallest absolute Gasteiger partial charge is 0.407 e. The van der Waals surface area contributed by atoms with Crippen molar-refractivity contribution >= 4 is 12.1 Å². The van der Waals surface area contributed by atoms with Gasteiger partial charge in [0.15, 0.2) is 0 Å². The van der Waals surface area contributed by atoms with E-state index >= 15 is 0 Å². The lowest BCUT2D eigenvalue weighted by molar-refractivity contribution is -0.142. The van der Waals surface area contributed by atoms with Gasteiger partial charge in [-0.15, -0.1) is 0 Å². The molecule has 0 rings (SSSR count). The molecule has 1 amide bonds. The predicted octanol–water partition coefficient (Wildman–Crippen LogP) is 2.40. The van der Waals surface area contributed by atoms with Gasteiger partial charge >= 0.3 is 12.1 Å². The topological polar surface area (TPSA) is 75.6 Å². The Kier molecular flexibility index (Phi) is 5.99. The van der Waals surface area contributed by atoms with Gasteiger partial charge in [-0.2, -0.15) is 0 Å². The highest BCUT2D eigenvalue weighted by Gasteiger charge is 2.28. The second-order valence-electron chi connectivity index (χ2n) is 5.01. The zero-order valence-electron chi connectivity index (χ0n) is 11.2. The summed E-state index contributed by atoms with van der Waals surface area (Å²) in [6.45, 7) is 8.93. The van der Waals surface area contributed by atoms with Crippen LogP contribution in [0.4, 0.5) is 4.79 Å². The SMILES string of the molecule is CC[C@H](NC(=O)OC(C)(C)C)[C@@H](CC)C(=O)O. The Balaban J connectivity index is 4.49. The summed E-state index contributed by atoms with van der Waals surface area (Å²) in [6, 6.07) is -0.396. The van der Waals surface area contributed by atoms with Crippen LogP contribution in [-0.2, 0) is 9.53 Å². The highest BCUT2D eigenvalue weighted by molar-refractivity contribution is 5.73. The minimum absolute atomic E-state index is 0.396. The Morgan fingerprint density at radius 3 is 2.06 bits per heavy atom. The number of carbonyl (C=O) groups is 2. The Bertz CT molecular complexity index is 270. The van der Waals surface area contributed by atoms with Crippen molar-refractivity contribution in [2.75, 3.05) is 0 Å². The van der Waals surface area contributed by atoms with E-state index in [4.69, 9.17) is 9.84 Å². The predicted molar refractivity (Wildman–Crippen MR) is 64.9 cm³/mol. The zero-order chi connectivity index (χ0) is 13.6. The minimum Gasteiger partial charge on any atom is -0.481 e. The molecular formula is C12H23NO4. The number of carbonyl (C=O) groups excluding carboxylic acids is 1. The summed E-state index contributed by atoms with van der Waals surface area (Å²) >= 11 is 0. The standard InChI is InChI=1S/C12H23NO4/c1-6-8(10(14)15)9(7-2)13-11(16)17-12(3,4)5/h8-9H,6-7H2,1-5H3,(H,13,16)(H,14,15)/t8-,9+/m1/s1. The van der Waals surface area contributed by atoms with E-state index < -0.39 is 29.6 Å². The lowest BCUT2D eigenvalue weighted by Gasteiger charge is -2.25. The normalized spacial score (nSPS) is 14.9. The molecule has 0 aliphatic rings. The average molecular weight is 245 g/mol. The molecule has 5 heteroatoms. The number of hydrogen-bond donors (Lipinski definition) is 2. The molecule has 0 heterocycles. The summed E-state index contributed by atoms with van der Waals surface area (Å²) in [6.07, 6.45) is 0.470. The van der Waals surface area contributed by atoms with Crippen molar-refractivity contribution in [3.8, 4) is 0 Å². The van der Waals surface area contributed by atoms with Crippen molar-refractivity contribution in [3.05, 3.63) is 0 Å². The van der Waals surface area contributed by atoms with Crippen molar-refractivity contribution in [1.82, 2.24) is 5.32 Å². The van der Waals surface area contributed by atoms with Gasteiger partial charge in [0.25, 0.3) is 0 Å². The van der Waals surface area contributed by atoms with Crippen LogP contribution in [0.3, 0.4) is 0 Å². The molecule has 0 unspecified atom stereocenters. The number of amides is 1. The molecule has 0 fully saturated rings. The van der Waals surface area contributed by atoms with E-state index in [1.165, 1.54) is 0 Å². The number of carboxylic acids is 1. The second-order valence-corrected chi connectivity index (χ2v) is 5.01. The maximum atomic E-state index is 11.5. The Morgan fingerprint density at radius 1 is 1.24 bits per heavy atom. The van der Waals surface area contributed by atoms with Crippen LogP contribution < -0.4 is 5.32 Å². The van der Waals surface area contributed by atoms with E-state index in [1.54, 1.807) is 27.7 Å². The number of alkyl carbamates (subject to hydrolysis) is 1. The molecule has 0 aliphatic carbocycles. The maximum absolute atomic E-state index is 11.5. The van der Waals surface area contributed by atoms with E-state index in [0.717, 1.165) is 0 Å². The summed E-state index contributed by atoms with van der Waals surface area (Å²) in [7, 11) is 0. The largest absolute Gasteiger partial charge is 0.481 e. The molecular weight excluding hydrogens is 222 g/mol. The highest BCUT2D eigenvalue weighted by atomic mass is 16.6. The Hall–Kier alpha value is -1.26. The van der Waals surface area contributed by atoms with Gasteiger partial charge < -0.3 is 15.2 Å². The van der Waals surface area contributed by atoms with Gasteiger partial charge in [-0.3, -0.25) is 4.79 Å². The first-order valence-corrected chi connectivity index (χ1v) is 5.93. The number of aliphatic carboxylic acids is 1. The number of carboxylic acid groups (broad SMARTS) is 1. The summed E-state index contributed by atoms with van der Waals surface area (Å²) in [5.74, 6) is -1.47.